The van der Waals surface area contributed by atoms with Crippen molar-refractivity contribution in [3.05, 3.63) is 69.9 Å². The molecule has 0 radical (unpaired) electrons. The van der Waals surface area contributed by atoms with Gasteiger partial charge in [0.2, 0.25) is 0 Å². The third-order valence-corrected chi connectivity index (χ3v) is 7.26. The molecular formula is C26H31ClN6O. The molecule has 0 aliphatic carbocycles. The van der Waals surface area contributed by atoms with Crippen LogP contribution < -0.4 is 4.90 Å². The summed E-state index contributed by atoms with van der Waals surface area (Å²) >= 11 is 6.40. The molecular weight excluding hydrogens is 448 g/mol. The van der Waals surface area contributed by atoms with Gasteiger partial charge in [-0.1, -0.05) is 37.6 Å². The Morgan fingerprint density at radius 1 is 1.24 bits per heavy atom. The summed E-state index contributed by atoms with van der Waals surface area (Å²) in [6.45, 7) is 8.00. The van der Waals surface area contributed by atoms with Crippen LogP contribution in [0.15, 0.2) is 36.7 Å². The fourth-order valence-corrected chi connectivity index (χ4v) is 5.37. The molecule has 178 valence electrons. The Labute approximate surface area is 205 Å². The Hall–Kier alpha value is -2.77. The van der Waals surface area contributed by atoms with Gasteiger partial charge >= 0.3 is 0 Å². The van der Waals surface area contributed by atoms with Crippen LogP contribution in [0.1, 0.15) is 65.5 Å². The Bertz CT molecular complexity index is 1210. The number of carbonyl (C=O) groups excluding carboxylic acids is 1. The number of nitrogens with zero attached hydrogens (tertiary/aromatic N) is 6. The number of aromatic nitrogens is 4. The predicted molar refractivity (Wildman–Crippen MR) is 133 cm³/mol. The average Bonchev–Trinajstić information content (AvgIpc) is 3.35. The fraction of sp³-hybridized carbons (Fsp3) is 0.462. The van der Waals surface area contributed by atoms with Gasteiger partial charge in [0, 0.05) is 32.1 Å². The summed E-state index contributed by atoms with van der Waals surface area (Å²) < 4.78 is 1.93. The lowest BCUT2D eigenvalue weighted by atomic mass is 9.94. The Kier molecular flexibility index (Phi) is 6.40. The number of amides is 1. The van der Waals surface area contributed by atoms with Crippen molar-refractivity contribution >= 4 is 23.3 Å². The molecule has 0 N–H and O–H groups in total. The number of hydrogen-bond donors (Lipinski definition) is 0. The molecule has 0 bridgehead atoms. The number of carbonyl (C=O) groups is 1. The first kappa shape index (κ1) is 23.0. The summed E-state index contributed by atoms with van der Waals surface area (Å²) in [5, 5.41) is 8.59. The van der Waals surface area contributed by atoms with E-state index in [9.17, 15) is 4.79 Å². The maximum Gasteiger partial charge on any atom is 0.260 e. The molecule has 0 unspecified atom stereocenters. The van der Waals surface area contributed by atoms with Crippen molar-refractivity contribution in [1.29, 1.82) is 0 Å². The molecule has 0 saturated carbocycles. The van der Waals surface area contributed by atoms with E-state index in [-0.39, 0.29) is 11.8 Å². The van der Waals surface area contributed by atoms with Gasteiger partial charge in [-0.15, -0.1) is 10.2 Å². The van der Waals surface area contributed by atoms with Crippen LogP contribution in [-0.2, 0) is 26.6 Å². The molecule has 0 spiro atoms. The normalized spacial score (nSPS) is 19.5. The number of halogens is 1. The number of piperidine rings is 1. The molecule has 1 saturated heterocycles. The number of hydrogen-bond acceptors (Lipinski definition) is 5. The van der Waals surface area contributed by atoms with Crippen molar-refractivity contribution in [2.45, 2.75) is 52.1 Å². The van der Waals surface area contributed by atoms with E-state index in [1.807, 2.05) is 29.8 Å². The fourth-order valence-electron chi connectivity index (χ4n) is 5.15. The van der Waals surface area contributed by atoms with E-state index < -0.39 is 0 Å². The third kappa shape index (κ3) is 4.72. The highest BCUT2D eigenvalue weighted by Gasteiger charge is 2.30. The van der Waals surface area contributed by atoms with Crippen LogP contribution in [0.4, 0.5) is 5.82 Å². The van der Waals surface area contributed by atoms with E-state index in [0.29, 0.717) is 23.4 Å². The first-order valence-corrected chi connectivity index (χ1v) is 12.4. The minimum Gasteiger partial charge on any atom is -0.321 e. The monoisotopic (exact) mass is 478 g/mol. The van der Waals surface area contributed by atoms with E-state index in [1.165, 1.54) is 12.8 Å². The lowest BCUT2D eigenvalue weighted by Gasteiger charge is -2.31. The van der Waals surface area contributed by atoms with E-state index in [1.54, 1.807) is 11.2 Å². The van der Waals surface area contributed by atoms with Gasteiger partial charge in [-0.25, -0.2) is 4.98 Å². The van der Waals surface area contributed by atoms with Crippen LogP contribution in [0, 0.1) is 5.92 Å². The van der Waals surface area contributed by atoms with Crippen LogP contribution in [0.5, 0.6) is 0 Å². The number of aryl methyl sites for hydroxylation is 1. The van der Waals surface area contributed by atoms with Crippen molar-refractivity contribution < 1.29 is 4.79 Å². The predicted octanol–water partition coefficient (Wildman–Crippen LogP) is 4.60. The molecule has 4 heterocycles. The summed E-state index contributed by atoms with van der Waals surface area (Å²) in [6.07, 6.45) is 4.99. The number of fused-ring (bicyclic) bond motifs is 1. The van der Waals surface area contributed by atoms with E-state index in [0.717, 1.165) is 54.1 Å². The molecule has 2 atom stereocenters. The minimum atomic E-state index is -0.0185. The summed E-state index contributed by atoms with van der Waals surface area (Å²) in [7, 11) is 1.95. The quantitative estimate of drug-likeness (QED) is 0.484. The van der Waals surface area contributed by atoms with Gasteiger partial charge in [0.1, 0.15) is 23.1 Å². The molecule has 3 aromatic rings. The first-order chi connectivity index (χ1) is 16.4. The van der Waals surface area contributed by atoms with E-state index in [4.69, 9.17) is 11.6 Å². The number of pyridine rings is 1. The van der Waals surface area contributed by atoms with Gasteiger partial charge in [-0.3, -0.25) is 14.6 Å². The van der Waals surface area contributed by atoms with Gasteiger partial charge in [-0.05, 0) is 66.1 Å². The highest BCUT2D eigenvalue weighted by molar-refractivity contribution is 6.29. The van der Waals surface area contributed by atoms with Crippen molar-refractivity contribution in [3.8, 4) is 0 Å². The Morgan fingerprint density at radius 3 is 2.85 bits per heavy atom. The van der Waals surface area contributed by atoms with Crippen LogP contribution in [0.3, 0.4) is 0 Å². The van der Waals surface area contributed by atoms with Crippen molar-refractivity contribution in [2.75, 3.05) is 18.0 Å². The van der Waals surface area contributed by atoms with Crippen molar-refractivity contribution in [1.82, 2.24) is 24.6 Å². The van der Waals surface area contributed by atoms with Gasteiger partial charge in [0.25, 0.3) is 5.91 Å². The summed E-state index contributed by atoms with van der Waals surface area (Å²) in [4.78, 5) is 22.1. The van der Waals surface area contributed by atoms with Crippen LogP contribution in [-0.4, -0.2) is 43.6 Å². The molecule has 1 amide bonds. The molecule has 2 aliphatic rings. The second-order valence-electron chi connectivity index (χ2n) is 9.91. The first-order valence-electron chi connectivity index (χ1n) is 12.0. The SMILES string of the molecule is C[C@H]1CCCN(Cc2cc(Cl)nc(N3Cc4ccc([C@H](C)Cc5nncn5C)cc4C3=O)c2)C1. The second kappa shape index (κ2) is 9.47. The molecule has 2 aliphatic heterocycles. The number of likely N-dealkylation sites (tertiary alicyclic amines) is 1. The average molecular weight is 479 g/mol. The molecule has 1 aromatic carbocycles. The van der Waals surface area contributed by atoms with E-state index in [2.05, 4.69) is 46.1 Å². The molecule has 8 heteroatoms. The Balaban J connectivity index is 1.34. The van der Waals surface area contributed by atoms with Crippen molar-refractivity contribution in [3.63, 3.8) is 0 Å². The maximum atomic E-state index is 13.4. The zero-order valence-electron chi connectivity index (χ0n) is 20.0. The van der Waals surface area contributed by atoms with E-state index >= 15 is 0 Å². The van der Waals surface area contributed by atoms with Gasteiger partial charge in [0.05, 0.1) is 6.54 Å². The molecule has 1 fully saturated rings. The summed E-state index contributed by atoms with van der Waals surface area (Å²) in [6, 6.07) is 10.2. The summed E-state index contributed by atoms with van der Waals surface area (Å²) in [5.74, 6) is 2.47. The zero-order valence-corrected chi connectivity index (χ0v) is 20.8. The van der Waals surface area contributed by atoms with Gasteiger partial charge in [0.15, 0.2) is 0 Å². The van der Waals surface area contributed by atoms with Crippen molar-refractivity contribution in [2.24, 2.45) is 13.0 Å². The zero-order chi connectivity index (χ0) is 23.8. The topological polar surface area (TPSA) is 67.2 Å². The maximum absolute atomic E-state index is 13.4. The Morgan fingerprint density at radius 2 is 2.09 bits per heavy atom. The largest absolute Gasteiger partial charge is 0.321 e. The second-order valence-corrected chi connectivity index (χ2v) is 10.3. The smallest absolute Gasteiger partial charge is 0.260 e. The van der Waals surface area contributed by atoms with Crippen LogP contribution in [0.25, 0.3) is 0 Å². The number of rotatable bonds is 6. The van der Waals surface area contributed by atoms with Crippen LogP contribution in [0.2, 0.25) is 5.15 Å². The lowest BCUT2D eigenvalue weighted by Crippen LogP contribution is -2.33. The molecule has 7 nitrogen and oxygen atoms in total. The highest BCUT2D eigenvalue weighted by Crippen LogP contribution is 2.32. The number of anilines is 1. The van der Waals surface area contributed by atoms with Gasteiger partial charge < -0.3 is 4.57 Å². The highest BCUT2D eigenvalue weighted by atomic mass is 35.5. The summed E-state index contributed by atoms with van der Waals surface area (Å²) in [5.41, 5.74) is 3.99. The molecule has 5 rings (SSSR count). The van der Waals surface area contributed by atoms with Gasteiger partial charge in [-0.2, -0.15) is 0 Å². The molecule has 34 heavy (non-hydrogen) atoms. The lowest BCUT2D eigenvalue weighted by molar-refractivity contribution is 0.0996. The van der Waals surface area contributed by atoms with Crippen LogP contribution >= 0.6 is 11.6 Å². The standard InChI is InChI=1S/C26H31ClN6O/c1-17-5-4-8-32(13-17)14-19-10-23(27)29-24(11-19)33-15-21-7-6-20(12-22(21)26(33)34)18(2)9-25-30-28-16-31(25)3/h6-7,10-12,16-18H,4-5,8-9,13-15H2,1-3H3/t17-,18+/m0/s1. The minimum absolute atomic E-state index is 0.0185. The third-order valence-electron chi connectivity index (χ3n) is 7.07. The molecule has 2 aromatic heterocycles. The number of benzene rings is 1.